The lowest BCUT2D eigenvalue weighted by atomic mass is 10.1. The number of rotatable bonds is 3. The predicted octanol–water partition coefficient (Wildman–Crippen LogP) is 3.74. The molecule has 0 bridgehead atoms. The van der Waals surface area contributed by atoms with E-state index >= 15 is 0 Å². The molecule has 2 aromatic carbocycles. The van der Waals surface area contributed by atoms with Crippen LogP contribution in [0.4, 0.5) is 5.69 Å². The van der Waals surface area contributed by atoms with Crippen LogP contribution in [0.3, 0.4) is 0 Å². The third-order valence-corrected chi connectivity index (χ3v) is 3.58. The van der Waals surface area contributed by atoms with Crippen LogP contribution in [-0.4, -0.2) is 12.0 Å². The highest BCUT2D eigenvalue weighted by atomic mass is 15.1. The molecule has 0 amide bonds. The van der Waals surface area contributed by atoms with Crippen molar-refractivity contribution in [2.75, 3.05) is 11.9 Å². The molecule has 21 heavy (non-hydrogen) atoms. The average molecular weight is 273 g/mol. The number of hydrogen-bond acceptors (Lipinski definition) is 3. The average Bonchev–Trinajstić information content (AvgIpc) is 2.55. The maximum Gasteiger partial charge on any atom is 0.0991 e. The second-order valence-corrected chi connectivity index (χ2v) is 5.00. The Morgan fingerprint density at radius 2 is 1.81 bits per heavy atom. The van der Waals surface area contributed by atoms with E-state index in [0.29, 0.717) is 5.56 Å². The smallest absolute Gasteiger partial charge is 0.0991 e. The second-order valence-electron chi connectivity index (χ2n) is 5.00. The van der Waals surface area contributed by atoms with Crippen LogP contribution in [0.2, 0.25) is 0 Å². The van der Waals surface area contributed by atoms with Gasteiger partial charge in [-0.05, 0) is 42.0 Å². The van der Waals surface area contributed by atoms with Crippen molar-refractivity contribution in [1.29, 1.82) is 5.26 Å². The largest absolute Gasteiger partial charge is 0.370 e. The minimum Gasteiger partial charge on any atom is -0.370 e. The van der Waals surface area contributed by atoms with Gasteiger partial charge in [-0.25, -0.2) is 0 Å². The molecule has 0 aliphatic rings. The van der Waals surface area contributed by atoms with E-state index in [0.717, 1.165) is 17.7 Å². The molecule has 0 spiro atoms. The maximum absolute atomic E-state index is 8.85. The molecule has 0 aliphatic heterocycles. The third kappa shape index (κ3) is 2.70. The lowest BCUT2D eigenvalue weighted by Crippen LogP contribution is -2.16. The molecule has 3 heteroatoms. The predicted molar refractivity (Wildman–Crippen MR) is 85.0 cm³/mol. The van der Waals surface area contributed by atoms with E-state index in [1.165, 1.54) is 10.9 Å². The molecule has 102 valence electrons. The molecule has 0 unspecified atom stereocenters. The molecule has 0 saturated heterocycles. The van der Waals surface area contributed by atoms with Gasteiger partial charge in [0.1, 0.15) is 0 Å². The van der Waals surface area contributed by atoms with Crippen LogP contribution >= 0.6 is 0 Å². The summed E-state index contributed by atoms with van der Waals surface area (Å²) in [6.45, 7) is 0.801. The van der Waals surface area contributed by atoms with Gasteiger partial charge in [0.15, 0.2) is 0 Å². The van der Waals surface area contributed by atoms with Crippen molar-refractivity contribution in [3.05, 3.63) is 71.9 Å². The first-order chi connectivity index (χ1) is 10.3. The Bertz CT molecular complexity index is 795. The zero-order valence-electron chi connectivity index (χ0n) is 11.8. The van der Waals surface area contributed by atoms with Gasteiger partial charge < -0.3 is 4.90 Å². The summed E-state index contributed by atoms with van der Waals surface area (Å²) in [5, 5.41) is 10.0. The van der Waals surface area contributed by atoms with E-state index < -0.39 is 0 Å². The zero-order chi connectivity index (χ0) is 14.7. The topological polar surface area (TPSA) is 39.9 Å². The van der Waals surface area contributed by atoms with Gasteiger partial charge in [-0.1, -0.05) is 18.2 Å². The Morgan fingerprint density at radius 3 is 2.57 bits per heavy atom. The van der Waals surface area contributed by atoms with Crippen molar-refractivity contribution in [1.82, 2.24) is 4.98 Å². The van der Waals surface area contributed by atoms with E-state index in [-0.39, 0.29) is 0 Å². The minimum absolute atomic E-state index is 0.682. The van der Waals surface area contributed by atoms with Gasteiger partial charge in [-0.15, -0.1) is 0 Å². The fourth-order valence-electron chi connectivity index (χ4n) is 2.43. The molecule has 3 aromatic rings. The number of fused-ring (bicyclic) bond motifs is 1. The number of aromatic nitrogens is 1. The molecule has 0 atom stereocenters. The Labute approximate surface area is 124 Å². The molecule has 0 aliphatic carbocycles. The quantitative estimate of drug-likeness (QED) is 0.729. The van der Waals surface area contributed by atoms with Crippen molar-refractivity contribution < 1.29 is 0 Å². The summed E-state index contributed by atoms with van der Waals surface area (Å²) in [7, 11) is 2.05. The lowest BCUT2D eigenvalue weighted by molar-refractivity contribution is 0.928. The molecule has 3 rings (SSSR count). The van der Waals surface area contributed by atoms with Crippen molar-refractivity contribution in [3.8, 4) is 6.07 Å². The van der Waals surface area contributed by atoms with Crippen LogP contribution in [0.1, 0.15) is 11.1 Å². The van der Waals surface area contributed by atoms with Crippen molar-refractivity contribution in [2.45, 2.75) is 6.54 Å². The molecule has 0 saturated carbocycles. The van der Waals surface area contributed by atoms with E-state index in [9.17, 15) is 0 Å². The SMILES string of the molecule is CN(Cc1ccnc2ccccc12)c1ccc(C#N)cc1. The summed E-state index contributed by atoms with van der Waals surface area (Å²) in [5.74, 6) is 0. The number of para-hydroxylation sites is 1. The Kier molecular flexibility index (Phi) is 3.53. The third-order valence-electron chi connectivity index (χ3n) is 3.58. The second kappa shape index (κ2) is 5.64. The summed E-state index contributed by atoms with van der Waals surface area (Å²) in [6.07, 6.45) is 1.85. The van der Waals surface area contributed by atoms with Gasteiger partial charge in [0.05, 0.1) is 17.1 Å². The minimum atomic E-state index is 0.682. The van der Waals surface area contributed by atoms with E-state index in [1.807, 2.05) is 48.7 Å². The molecule has 0 N–H and O–H groups in total. The molecule has 1 aromatic heterocycles. The summed E-state index contributed by atoms with van der Waals surface area (Å²) < 4.78 is 0. The maximum atomic E-state index is 8.85. The lowest BCUT2D eigenvalue weighted by Gasteiger charge is -2.20. The molecule has 0 fully saturated rings. The molecule has 3 nitrogen and oxygen atoms in total. The highest BCUT2D eigenvalue weighted by Gasteiger charge is 2.06. The Balaban J connectivity index is 1.89. The van der Waals surface area contributed by atoms with Crippen molar-refractivity contribution in [3.63, 3.8) is 0 Å². The number of nitriles is 1. The first kappa shape index (κ1) is 13.1. The number of hydrogen-bond donors (Lipinski definition) is 0. The first-order valence-corrected chi connectivity index (χ1v) is 6.82. The van der Waals surface area contributed by atoms with Gasteiger partial charge in [0, 0.05) is 30.9 Å². The van der Waals surface area contributed by atoms with Gasteiger partial charge in [0.25, 0.3) is 0 Å². The van der Waals surface area contributed by atoms with E-state index in [1.54, 1.807) is 0 Å². The number of pyridine rings is 1. The van der Waals surface area contributed by atoms with E-state index in [2.05, 4.69) is 35.1 Å². The highest BCUT2D eigenvalue weighted by molar-refractivity contribution is 5.82. The summed E-state index contributed by atoms with van der Waals surface area (Å²) in [6, 6.07) is 20.0. The van der Waals surface area contributed by atoms with Crippen LogP contribution < -0.4 is 4.90 Å². The summed E-state index contributed by atoms with van der Waals surface area (Å²) in [4.78, 5) is 6.56. The standard InChI is InChI=1S/C18H15N3/c1-21(16-8-6-14(12-19)7-9-16)13-15-10-11-20-18-5-3-2-4-17(15)18/h2-11H,13H2,1H3. The Morgan fingerprint density at radius 1 is 1.05 bits per heavy atom. The number of anilines is 1. The summed E-state index contributed by atoms with van der Waals surface area (Å²) in [5.41, 5.74) is 4.03. The number of nitrogens with zero attached hydrogens (tertiary/aromatic N) is 3. The molecular formula is C18H15N3. The van der Waals surface area contributed by atoms with Gasteiger partial charge in [-0.3, -0.25) is 4.98 Å². The van der Waals surface area contributed by atoms with Crippen molar-refractivity contribution >= 4 is 16.6 Å². The van der Waals surface area contributed by atoms with Crippen LogP contribution in [0.25, 0.3) is 10.9 Å². The number of benzene rings is 2. The van der Waals surface area contributed by atoms with Crippen LogP contribution in [0, 0.1) is 11.3 Å². The molecular weight excluding hydrogens is 258 g/mol. The first-order valence-electron chi connectivity index (χ1n) is 6.82. The van der Waals surface area contributed by atoms with Crippen LogP contribution in [0.15, 0.2) is 60.8 Å². The Hall–Kier alpha value is -2.86. The fraction of sp³-hybridized carbons (Fsp3) is 0.111. The van der Waals surface area contributed by atoms with E-state index in [4.69, 9.17) is 5.26 Å². The fourth-order valence-corrected chi connectivity index (χ4v) is 2.43. The normalized spacial score (nSPS) is 10.3. The highest BCUT2D eigenvalue weighted by Crippen LogP contribution is 2.21. The van der Waals surface area contributed by atoms with Crippen LogP contribution in [-0.2, 0) is 6.54 Å². The zero-order valence-corrected chi connectivity index (χ0v) is 11.8. The van der Waals surface area contributed by atoms with Gasteiger partial charge >= 0.3 is 0 Å². The van der Waals surface area contributed by atoms with Crippen molar-refractivity contribution in [2.24, 2.45) is 0 Å². The monoisotopic (exact) mass is 273 g/mol. The molecule has 0 radical (unpaired) electrons. The van der Waals surface area contributed by atoms with Crippen LogP contribution in [0.5, 0.6) is 0 Å². The summed E-state index contributed by atoms with van der Waals surface area (Å²) >= 11 is 0. The van der Waals surface area contributed by atoms with Gasteiger partial charge in [-0.2, -0.15) is 5.26 Å². The molecule has 1 heterocycles. The van der Waals surface area contributed by atoms with Gasteiger partial charge in [0.2, 0.25) is 0 Å².